The molecule has 2 heterocycles. The summed E-state index contributed by atoms with van der Waals surface area (Å²) in [5, 5.41) is 7.19. The molecule has 1 fully saturated rings. The number of nitrogens with zero attached hydrogens (tertiary/aromatic N) is 2. The van der Waals surface area contributed by atoms with Gasteiger partial charge in [-0.2, -0.15) is 13.9 Å². The van der Waals surface area contributed by atoms with Crippen molar-refractivity contribution in [3.63, 3.8) is 0 Å². The van der Waals surface area contributed by atoms with Crippen LogP contribution >= 0.6 is 0 Å². The second kappa shape index (κ2) is 9.86. The average molecular weight is 499 g/mol. The number of hydrogen-bond donors (Lipinski definition) is 1. The Morgan fingerprint density at radius 2 is 1.89 bits per heavy atom. The maximum absolute atomic E-state index is 13.0. The van der Waals surface area contributed by atoms with Crippen molar-refractivity contribution in [3.05, 3.63) is 77.7 Å². The predicted molar refractivity (Wildman–Crippen MR) is 120 cm³/mol. The quantitative estimate of drug-likeness (QED) is 0.216. The zero-order valence-electron chi connectivity index (χ0n) is 18.9. The SMILES string of the molecule is COc1cc(/C=N/N2C(=O)NC(C)(c3ccc(OC(F)F)cc3)C2=O)ccc1OC(=O)c1ccco1. The van der Waals surface area contributed by atoms with Crippen LogP contribution in [-0.2, 0) is 10.3 Å². The van der Waals surface area contributed by atoms with E-state index in [1.54, 1.807) is 6.07 Å². The lowest BCUT2D eigenvalue weighted by Gasteiger charge is -2.21. The topological polar surface area (TPSA) is 120 Å². The van der Waals surface area contributed by atoms with E-state index >= 15 is 0 Å². The molecule has 0 spiro atoms. The molecule has 1 N–H and O–H groups in total. The molecular weight excluding hydrogens is 480 g/mol. The molecule has 2 aromatic carbocycles. The molecule has 12 heteroatoms. The normalized spacial score (nSPS) is 17.5. The predicted octanol–water partition coefficient (Wildman–Crippen LogP) is 3.91. The minimum absolute atomic E-state index is 0.0143. The van der Waals surface area contributed by atoms with E-state index in [0.29, 0.717) is 16.1 Å². The summed E-state index contributed by atoms with van der Waals surface area (Å²) in [5.74, 6) is -1.14. The van der Waals surface area contributed by atoms with Gasteiger partial charge in [0.15, 0.2) is 11.5 Å². The van der Waals surface area contributed by atoms with Crippen molar-refractivity contribution in [2.75, 3.05) is 7.11 Å². The molecule has 1 aliphatic rings. The van der Waals surface area contributed by atoms with Gasteiger partial charge in [0.1, 0.15) is 11.3 Å². The summed E-state index contributed by atoms with van der Waals surface area (Å²) in [4.78, 5) is 37.6. The van der Waals surface area contributed by atoms with Gasteiger partial charge in [0.2, 0.25) is 5.76 Å². The molecule has 1 saturated heterocycles. The Bertz CT molecular complexity index is 1310. The van der Waals surface area contributed by atoms with Crippen molar-refractivity contribution in [1.82, 2.24) is 10.3 Å². The highest BCUT2D eigenvalue weighted by atomic mass is 19.3. The van der Waals surface area contributed by atoms with Crippen LogP contribution in [0.15, 0.2) is 70.4 Å². The van der Waals surface area contributed by atoms with E-state index in [1.807, 2.05) is 0 Å². The standard InChI is InChI=1S/C24H19F2N3O7/c1-24(15-6-8-16(9-7-15)35-22(25)26)21(31)29(23(32)28-24)27-13-14-5-10-17(19(12-14)33-2)36-20(30)18-4-3-11-34-18/h3-13,22H,1-2H3,(H,28,32)/b27-13+. The molecule has 1 aromatic heterocycles. The lowest BCUT2D eigenvalue weighted by molar-refractivity contribution is -0.131. The first-order valence-electron chi connectivity index (χ1n) is 10.4. The molecule has 4 rings (SSSR count). The van der Waals surface area contributed by atoms with E-state index in [1.165, 1.54) is 75.0 Å². The van der Waals surface area contributed by atoms with Crippen LogP contribution in [0.3, 0.4) is 0 Å². The highest BCUT2D eigenvalue weighted by Gasteiger charge is 2.49. The number of halogens is 2. The van der Waals surface area contributed by atoms with E-state index in [0.717, 1.165) is 0 Å². The Kier molecular flexibility index (Phi) is 6.68. The fourth-order valence-electron chi connectivity index (χ4n) is 3.41. The van der Waals surface area contributed by atoms with Crippen molar-refractivity contribution in [2.45, 2.75) is 19.1 Å². The molecule has 0 aliphatic carbocycles. The largest absolute Gasteiger partial charge is 0.493 e. The van der Waals surface area contributed by atoms with Crippen LogP contribution < -0.4 is 19.5 Å². The van der Waals surface area contributed by atoms with Crippen LogP contribution in [0.2, 0.25) is 0 Å². The number of imide groups is 1. The van der Waals surface area contributed by atoms with Crippen molar-refractivity contribution in [3.8, 4) is 17.2 Å². The van der Waals surface area contributed by atoms with Crippen LogP contribution in [0.5, 0.6) is 17.2 Å². The van der Waals surface area contributed by atoms with E-state index in [2.05, 4.69) is 15.2 Å². The maximum atomic E-state index is 13.0. The minimum atomic E-state index is -2.99. The Balaban J connectivity index is 1.49. The number of benzene rings is 2. The third-order valence-electron chi connectivity index (χ3n) is 5.26. The summed E-state index contributed by atoms with van der Waals surface area (Å²) in [5.41, 5.74) is -0.684. The third kappa shape index (κ3) is 4.87. The fourth-order valence-corrected chi connectivity index (χ4v) is 3.41. The van der Waals surface area contributed by atoms with E-state index in [-0.39, 0.29) is 23.0 Å². The molecule has 0 saturated carbocycles. The molecule has 186 valence electrons. The number of methoxy groups -OCH3 is 1. The summed E-state index contributed by atoms with van der Waals surface area (Å²) in [6, 6.07) is 12.0. The molecule has 1 aliphatic heterocycles. The molecular formula is C24H19F2N3O7. The number of carbonyl (C=O) groups excluding carboxylic acids is 3. The van der Waals surface area contributed by atoms with Crippen LogP contribution in [0.1, 0.15) is 28.6 Å². The van der Waals surface area contributed by atoms with Crippen molar-refractivity contribution < 1.29 is 41.8 Å². The van der Waals surface area contributed by atoms with Crippen LogP contribution in [0, 0.1) is 0 Å². The van der Waals surface area contributed by atoms with E-state index in [4.69, 9.17) is 13.9 Å². The molecule has 0 bridgehead atoms. The van der Waals surface area contributed by atoms with Gasteiger partial charge in [0.25, 0.3) is 5.91 Å². The first kappa shape index (κ1) is 24.4. The fraction of sp³-hybridized carbons (Fsp3) is 0.167. The van der Waals surface area contributed by atoms with Crippen LogP contribution in [0.25, 0.3) is 0 Å². The number of esters is 1. The maximum Gasteiger partial charge on any atom is 0.387 e. The third-order valence-corrected chi connectivity index (χ3v) is 5.26. The monoisotopic (exact) mass is 499 g/mol. The van der Waals surface area contributed by atoms with E-state index in [9.17, 15) is 23.2 Å². The zero-order valence-corrected chi connectivity index (χ0v) is 18.9. The number of alkyl halides is 2. The van der Waals surface area contributed by atoms with Gasteiger partial charge in [-0.05, 0) is 60.5 Å². The minimum Gasteiger partial charge on any atom is -0.493 e. The Morgan fingerprint density at radius 3 is 2.53 bits per heavy atom. The second-order valence-corrected chi connectivity index (χ2v) is 7.60. The highest BCUT2D eigenvalue weighted by molar-refractivity contribution is 6.07. The first-order chi connectivity index (χ1) is 17.2. The number of carbonyl (C=O) groups is 3. The molecule has 0 radical (unpaired) electrons. The Hall–Kier alpha value is -4.74. The molecule has 1 atom stereocenters. The highest BCUT2D eigenvalue weighted by Crippen LogP contribution is 2.31. The van der Waals surface area contributed by atoms with Crippen LogP contribution in [-0.4, -0.2) is 42.9 Å². The lowest BCUT2D eigenvalue weighted by Crippen LogP contribution is -2.40. The number of nitrogens with one attached hydrogen (secondary N) is 1. The molecule has 10 nitrogen and oxygen atoms in total. The zero-order chi connectivity index (χ0) is 25.9. The molecule has 3 aromatic rings. The smallest absolute Gasteiger partial charge is 0.387 e. The Labute approximate surface area is 203 Å². The number of furan rings is 1. The summed E-state index contributed by atoms with van der Waals surface area (Å²) in [6.45, 7) is -1.52. The van der Waals surface area contributed by atoms with E-state index < -0.39 is 30.1 Å². The number of rotatable bonds is 8. The number of urea groups is 1. The summed E-state index contributed by atoms with van der Waals surface area (Å²) in [7, 11) is 1.38. The Morgan fingerprint density at radius 1 is 1.14 bits per heavy atom. The molecule has 3 amide bonds. The second-order valence-electron chi connectivity index (χ2n) is 7.60. The van der Waals surface area contributed by atoms with Gasteiger partial charge in [-0.3, -0.25) is 4.79 Å². The van der Waals surface area contributed by atoms with Gasteiger partial charge in [0, 0.05) is 0 Å². The number of hydrazone groups is 1. The number of amides is 3. The molecule has 36 heavy (non-hydrogen) atoms. The van der Waals surface area contributed by atoms with Crippen molar-refractivity contribution in [2.24, 2.45) is 5.10 Å². The van der Waals surface area contributed by atoms with Crippen molar-refractivity contribution in [1.29, 1.82) is 0 Å². The lowest BCUT2D eigenvalue weighted by atomic mass is 9.92. The molecule has 1 unspecified atom stereocenters. The van der Waals surface area contributed by atoms with Gasteiger partial charge in [-0.25, -0.2) is 9.59 Å². The number of hydrogen-bond acceptors (Lipinski definition) is 8. The van der Waals surface area contributed by atoms with Gasteiger partial charge < -0.3 is 23.9 Å². The van der Waals surface area contributed by atoms with Gasteiger partial charge in [-0.1, -0.05) is 12.1 Å². The van der Waals surface area contributed by atoms with Gasteiger partial charge in [0.05, 0.1) is 19.6 Å². The summed E-state index contributed by atoms with van der Waals surface area (Å²) >= 11 is 0. The van der Waals surface area contributed by atoms with Crippen LogP contribution in [0.4, 0.5) is 13.6 Å². The number of ether oxygens (including phenoxy) is 3. The summed E-state index contributed by atoms with van der Waals surface area (Å²) < 4.78 is 44.6. The van der Waals surface area contributed by atoms with Crippen molar-refractivity contribution >= 4 is 24.1 Å². The summed E-state index contributed by atoms with van der Waals surface area (Å²) in [6.07, 6.45) is 2.59. The van der Waals surface area contributed by atoms with Gasteiger partial charge >= 0.3 is 18.6 Å². The average Bonchev–Trinajstić information content (AvgIpc) is 3.46. The first-order valence-corrected chi connectivity index (χ1v) is 10.4. The van der Waals surface area contributed by atoms with Gasteiger partial charge in [-0.15, -0.1) is 5.01 Å².